The lowest BCUT2D eigenvalue weighted by molar-refractivity contribution is -0.186. The van der Waals surface area contributed by atoms with Crippen LogP contribution in [0.4, 0.5) is 17.6 Å². The van der Waals surface area contributed by atoms with Crippen LogP contribution in [0, 0.1) is 0 Å². The highest BCUT2D eigenvalue weighted by Gasteiger charge is 2.42. The molecular formula is C9H14F4O3. The molecule has 0 amide bonds. The molecule has 0 aromatic heterocycles. The van der Waals surface area contributed by atoms with Gasteiger partial charge < -0.3 is 9.84 Å². The molecule has 0 aromatic rings. The Kier molecular flexibility index (Phi) is 6.32. The van der Waals surface area contributed by atoms with E-state index in [0.29, 0.717) is 12.8 Å². The Morgan fingerprint density at radius 3 is 2.38 bits per heavy atom. The summed E-state index contributed by atoms with van der Waals surface area (Å²) in [5.41, 5.74) is 0. The SMILES string of the molecule is CCCCC(OCC(F)(F)C(F)F)C(=O)O. The number of unbranched alkanes of at least 4 members (excludes halogenated alkanes) is 1. The Hall–Kier alpha value is -0.850. The Labute approximate surface area is 90.4 Å². The Morgan fingerprint density at radius 1 is 1.44 bits per heavy atom. The molecule has 7 heteroatoms. The average Bonchev–Trinajstić information content (AvgIpc) is 2.16. The van der Waals surface area contributed by atoms with Crippen molar-refractivity contribution < 1.29 is 32.2 Å². The maximum absolute atomic E-state index is 12.4. The van der Waals surface area contributed by atoms with Crippen molar-refractivity contribution >= 4 is 5.97 Å². The van der Waals surface area contributed by atoms with Gasteiger partial charge in [-0.1, -0.05) is 19.8 Å². The molecule has 0 aliphatic rings. The highest BCUT2D eigenvalue weighted by molar-refractivity contribution is 5.72. The molecule has 0 rings (SSSR count). The average molecular weight is 246 g/mol. The molecular weight excluding hydrogens is 232 g/mol. The molecule has 1 unspecified atom stereocenters. The van der Waals surface area contributed by atoms with Crippen LogP contribution in [0.1, 0.15) is 26.2 Å². The van der Waals surface area contributed by atoms with Crippen molar-refractivity contribution in [3.8, 4) is 0 Å². The van der Waals surface area contributed by atoms with Crippen LogP contribution in [-0.4, -0.2) is 36.1 Å². The molecule has 0 aromatic carbocycles. The van der Waals surface area contributed by atoms with Gasteiger partial charge in [-0.25, -0.2) is 13.6 Å². The number of carbonyl (C=O) groups is 1. The van der Waals surface area contributed by atoms with Crippen LogP contribution in [0.2, 0.25) is 0 Å². The summed E-state index contributed by atoms with van der Waals surface area (Å²) in [7, 11) is 0. The van der Waals surface area contributed by atoms with Gasteiger partial charge in [0.15, 0.2) is 6.10 Å². The first-order valence-electron chi connectivity index (χ1n) is 4.81. The van der Waals surface area contributed by atoms with Crippen LogP contribution in [0.5, 0.6) is 0 Å². The summed E-state index contributed by atoms with van der Waals surface area (Å²) in [6.45, 7) is 0.206. The molecule has 1 N–H and O–H groups in total. The van der Waals surface area contributed by atoms with E-state index < -0.39 is 31.0 Å². The summed E-state index contributed by atoms with van der Waals surface area (Å²) < 4.78 is 52.6. The molecule has 0 saturated carbocycles. The zero-order chi connectivity index (χ0) is 12.8. The van der Waals surface area contributed by atoms with Crippen molar-refractivity contribution in [2.75, 3.05) is 6.61 Å². The van der Waals surface area contributed by atoms with Crippen LogP contribution in [-0.2, 0) is 9.53 Å². The van der Waals surface area contributed by atoms with E-state index >= 15 is 0 Å². The lowest BCUT2D eigenvalue weighted by Gasteiger charge is -2.18. The number of alkyl halides is 4. The Morgan fingerprint density at radius 2 is 2.00 bits per heavy atom. The van der Waals surface area contributed by atoms with Crippen molar-refractivity contribution in [2.45, 2.75) is 44.6 Å². The van der Waals surface area contributed by atoms with Crippen LogP contribution in [0.25, 0.3) is 0 Å². The number of aliphatic carboxylic acids is 1. The smallest absolute Gasteiger partial charge is 0.332 e. The second kappa shape index (κ2) is 6.67. The van der Waals surface area contributed by atoms with Gasteiger partial charge in [-0.05, 0) is 6.42 Å². The van der Waals surface area contributed by atoms with Crippen molar-refractivity contribution in [2.24, 2.45) is 0 Å². The van der Waals surface area contributed by atoms with Gasteiger partial charge in [0.1, 0.15) is 6.61 Å². The molecule has 0 radical (unpaired) electrons. The van der Waals surface area contributed by atoms with E-state index in [1.54, 1.807) is 6.92 Å². The fourth-order valence-electron chi connectivity index (χ4n) is 0.942. The summed E-state index contributed by atoms with van der Waals surface area (Å²) in [6.07, 6.45) is -4.14. The van der Waals surface area contributed by atoms with E-state index in [2.05, 4.69) is 4.74 Å². The van der Waals surface area contributed by atoms with Gasteiger partial charge in [0.25, 0.3) is 0 Å². The van der Waals surface area contributed by atoms with E-state index in [1.165, 1.54) is 0 Å². The minimum Gasteiger partial charge on any atom is -0.479 e. The molecule has 1 atom stereocenters. The zero-order valence-corrected chi connectivity index (χ0v) is 8.76. The van der Waals surface area contributed by atoms with Gasteiger partial charge in [-0.2, -0.15) is 8.78 Å². The Bertz CT molecular complexity index is 221. The minimum atomic E-state index is -4.31. The maximum atomic E-state index is 12.4. The molecule has 3 nitrogen and oxygen atoms in total. The normalized spacial score (nSPS) is 14.1. The monoisotopic (exact) mass is 246 g/mol. The third-order valence-corrected chi connectivity index (χ3v) is 1.89. The fourth-order valence-corrected chi connectivity index (χ4v) is 0.942. The molecule has 0 saturated heterocycles. The lowest BCUT2D eigenvalue weighted by atomic mass is 10.1. The van der Waals surface area contributed by atoms with Crippen LogP contribution < -0.4 is 0 Å². The van der Waals surface area contributed by atoms with E-state index in [0.717, 1.165) is 0 Å². The fraction of sp³-hybridized carbons (Fsp3) is 0.889. The number of hydrogen-bond donors (Lipinski definition) is 1. The number of ether oxygens (including phenoxy) is 1. The largest absolute Gasteiger partial charge is 0.479 e. The topological polar surface area (TPSA) is 46.5 Å². The lowest BCUT2D eigenvalue weighted by Crippen LogP contribution is -2.36. The first-order chi connectivity index (χ1) is 7.31. The summed E-state index contributed by atoms with van der Waals surface area (Å²) in [5.74, 6) is -5.72. The second-order valence-electron chi connectivity index (χ2n) is 3.34. The molecule has 96 valence electrons. The zero-order valence-electron chi connectivity index (χ0n) is 8.76. The highest BCUT2D eigenvalue weighted by atomic mass is 19.3. The Balaban J connectivity index is 4.16. The van der Waals surface area contributed by atoms with Crippen LogP contribution >= 0.6 is 0 Å². The number of carboxylic acids is 1. The first-order valence-corrected chi connectivity index (χ1v) is 4.81. The summed E-state index contributed by atoms with van der Waals surface area (Å²) in [6, 6.07) is 0. The molecule has 0 heterocycles. The summed E-state index contributed by atoms with van der Waals surface area (Å²) in [5, 5.41) is 8.58. The van der Waals surface area contributed by atoms with Gasteiger partial charge in [0, 0.05) is 0 Å². The maximum Gasteiger partial charge on any atom is 0.332 e. The van der Waals surface area contributed by atoms with Gasteiger partial charge >= 0.3 is 18.3 Å². The van der Waals surface area contributed by atoms with Crippen molar-refractivity contribution in [3.63, 3.8) is 0 Å². The number of carboxylic acid groups (broad SMARTS) is 1. The van der Waals surface area contributed by atoms with Crippen molar-refractivity contribution in [1.82, 2.24) is 0 Å². The quantitative estimate of drug-likeness (QED) is 0.669. The number of halogens is 4. The van der Waals surface area contributed by atoms with Crippen LogP contribution in [0.3, 0.4) is 0 Å². The first kappa shape index (κ1) is 15.2. The molecule has 0 spiro atoms. The van der Waals surface area contributed by atoms with Gasteiger partial charge in [0.05, 0.1) is 0 Å². The summed E-state index contributed by atoms with van der Waals surface area (Å²) >= 11 is 0. The molecule has 0 fully saturated rings. The van der Waals surface area contributed by atoms with E-state index in [-0.39, 0.29) is 6.42 Å². The third-order valence-electron chi connectivity index (χ3n) is 1.89. The van der Waals surface area contributed by atoms with Crippen LogP contribution in [0.15, 0.2) is 0 Å². The predicted molar refractivity (Wildman–Crippen MR) is 47.9 cm³/mol. The minimum absolute atomic E-state index is 0.0329. The van der Waals surface area contributed by atoms with E-state index in [1.807, 2.05) is 0 Å². The van der Waals surface area contributed by atoms with Gasteiger partial charge in [-0.15, -0.1) is 0 Å². The number of rotatable bonds is 8. The summed E-state index contributed by atoms with van der Waals surface area (Å²) in [4.78, 5) is 10.5. The highest BCUT2D eigenvalue weighted by Crippen LogP contribution is 2.24. The standard InChI is InChI=1S/C9H14F4O3/c1-2-3-4-6(7(14)15)16-5-9(12,13)8(10)11/h6,8H,2-5H2,1H3,(H,14,15). The third kappa shape index (κ3) is 5.29. The van der Waals surface area contributed by atoms with E-state index in [4.69, 9.17) is 5.11 Å². The van der Waals surface area contributed by atoms with Crippen molar-refractivity contribution in [3.05, 3.63) is 0 Å². The number of hydrogen-bond acceptors (Lipinski definition) is 2. The van der Waals surface area contributed by atoms with Crippen molar-refractivity contribution in [1.29, 1.82) is 0 Å². The van der Waals surface area contributed by atoms with Gasteiger partial charge in [-0.3, -0.25) is 0 Å². The molecule has 16 heavy (non-hydrogen) atoms. The molecule has 0 aliphatic heterocycles. The second-order valence-corrected chi connectivity index (χ2v) is 3.34. The predicted octanol–water partition coefficient (Wildman–Crippen LogP) is 2.55. The van der Waals surface area contributed by atoms with Gasteiger partial charge in [0.2, 0.25) is 0 Å². The molecule has 0 bridgehead atoms. The molecule has 0 aliphatic carbocycles. The van der Waals surface area contributed by atoms with E-state index in [9.17, 15) is 22.4 Å².